The highest BCUT2D eigenvalue weighted by Gasteiger charge is 2.37. The van der Waals surface area contributed by atoms with Crippen molar-refractivity contribution in [3.05, 3.63) is 12.3 Å². The van der Waals surface area contributed by atoms with Crippen molar-refractivity contribution in [2.24, 2.45) is 18.7 Å². The molecule has 0 radical (unpaired) electrons. The Kier molecular flexibility index (Phi) is 4.76. The van der Waals surface area contributed by atoms with Gasteiger partial charge < -0.3 is 11.1 Å². The Labute approximate surface area is 114 Å². The molecule has 18 heavy (non-hydrogen) atoms. The predicted octanol–water partition coefficient (Wildman–Crippen LogP) is 1.69. The number of carbonyl (C=O) groups excluding carboxylic acids is 1. The van der Waals surface area contributed by atoms with Gasteiger partial charge in [-0.2, -0.15) is 5.10 Å². The van der Waals surface area contributed by atoms with Crippen molar-refractivity contribution in [2.45, 2.75) is 38.1 Å². The highest BCUT2D eigenvalue weighted by atomic mass is 35.5. The molecule has 102 valence electrons. The number of halogens is 1. The van der Waals surface area contributed by atoms with Crippen molar-refractivity contribution in [3.8, 4) is 0 Å². The fourth-order valence-electron chi connectivity index (χ4n) is 2.48. The molecule has 0 saturated heterocycles. The number of amides is 1. The van der Waals surface area contributed by atoms with Gasteiger partial charge in [0, 0.05) is 24.8 Å². The predicted molar refractivity (Wildman–Crippen MR) is 73.6 cm³/mol. The highest BCUT2D eigenvalue weighted by Crippen LogP contribution is 2.32. The van der Waals surface area contributed by atoms with Crippen molar-refractivity contribution < 1.29 is 4.79 Å². The van der Waals surface area contributed by atoms with E-state index < -0.39 is 5.54 Å². The average Bonchev–Trinajstić information content (AvgIpc) is 2.63. The van der Waals surface area contributed by atoms with Gasteiger partial charge in [-0.05, 0) is 19.8 Å². The fourth-order valence-corrected chi connectivity index (χ4v) is 2.48. The van der Waals surface area contributed by atoms with E-state index in [2.05, 4.69) is 10.4 Å². The van der Waals surface area contributed by atoms with Crippen molar-refractivity contribution in [1.29, 1.82) is 0 Å². The first-order valence-electron chi connectivity index (χ1n) is 6.08. The largest absolute Gasteiger partial charge is 0.325 e. The fraction of sp³-hybridized carbons (Fsp3) is 0.667. The first kappa shape index (κ1) is 15.0. The second-order valence-corrected chi connectivity index (χ2v) is 5.17. The molecule has 1 aliphatic carbocycles. The number of aromatic nitrogens is 2. The summed E-state index contributed by atoms with van der Waals surface area (Å²) in [6.07, 6.45) is 5.77. The summed E-state index contributed by atoms with van der Waals surface area (Å²) < 4.78 is 1.66. The van der Waals surface area contributed by atoms with Gasteiger partial charge in [0.05, 0.1) is 5.92 Å². The van der Waals surface area contributed by atoms with Crippen LogP contribution in [-0.4, -0.2) is 21.2 Å². The van der Waals surface area contributed by atoms with Crippen LogP contribution >= 0.6 is 12.4 Å². The lowest BCUT2D eigenvalue weighted by Crippen LogP contribution is -2.51. The monoisotopic (exact) mass is 272 g/mol. The Balaban J connectivity index is 0.00000162. The summed E-state index contributed by atoms with van der Waals surface area (Å²) in [4.78, 5) is 12.2. The Morgan fingerprint density at radius 2 is 2.33 bits per heavy atom. The molecule has 2 atom stereocenters. The number of aryl methyl sites for hydroxylation is 1. The minimum absolute atomic E-state index is 0. The molecule has 1 heterocycles. The van der Waals surface area contributed by atoms with Crippen LogP contribution in [0.3, 0.4) is 0 Å². The van der Waals surface area contributed by atoms with E-state index >= 15 is 0 Å². The van der Waals surface area contributed by atoms with Gasteiger partial charge in [-0.25, -0.2) is 0 Å². The van der Waals surface area contributed by atoms with E-state index in [9.17, 15) is 4.79 Å². The lowest BCUT2D eigenvalue weighted by molar-refractivity contribution is -0.122. The van der Waals surface area contributed by atoms with Gasteiger partial charge in [-0.1, -0.05) is 12.8 Å². The quantitative estimate of drug-likeness (QED) is 0.860. The Bertz CT molecular complexity index is 416. The molecular formula is C12H21ClN4O. The molecule has 2 unspecified atom stereocenters. The summed E-state index contributed by atoms with van der Waals surface area (Å²) >= 11 is 0. The van der Waals surface area contributed by atoms with E-state index in [1.54, 1.807) is 16.9 Å². The maximum Gasteiger partial charge on any atom is 0.230 e. The first-order valence-corrected chi connectivity index (χ1v) is 6.08. The van der Waals surface area contributed by atoms with Gasteiger partial charge in [0.25, 0.3) is 0 Å². The number of anilines is 1. The first-order chi connectivity index (χ1) is 7.99. The molecule has 1 aliphatic rings. The maximum absolute atomic E-state index is 12.2. The van der Waals surface area contributed by atoms with Crippen molar-refractivity contribution in [2.75, 3.05) is 5.32 Å². The molecule has 1 amide bonds. The lowest BCUT2D eigenvalue weighted by atomic mass is 9.74. The van der Waals surface area contributed by atoms with Crippen LogP contribution in [0.4, 0.5) is 5.82 Å². The number of nitrogens with one attached hydrogen (secondary N) is 1. The zero-order chi connectivity index (χ0) is 12.5. The molecule has 0 aromatic carbocycles. The van der Waals surface area contributed by atoms with Crippen LogP contribution < -0.4 is 11.1 Å². The molecular weight excluding hydrogens is 252 g/mol. The second kappa shape index (κ2) is 5.71. The Morgan fingerprint density at radius 3 is 2.89 bits per heavy atom. The number of hydrogen-bond donors (Lipinski definition) is 2. The van der Waals surface area contributed by atoms with Crippen molar-refractivity contribution in [3.63, 3.8) is 0 Å². The topological polar surface area (TPSA) is 72.9 Å². The van der Waals surface area contributed by atoms with Gasteiger partial charge in [0.1, 0.15) is 0 Å². The lowest BCUT2D eigenvalue weighted by Gasteiger charge is -2.37. The summed E-state index contributed by atoms with van der Waals surface area (Å²) in [6.45, 7) is 1.97. The van der Waals surface area contributed by atoms with Crippen LogP contribution in [-0.2, 0) is 11.8 Å². The highest BCUT2D eigenvalue weighted by molar-refractivity contribution is 5.92. The van der Waals surface area contributed by atoms with Crippen LogP contribution in [0.5, 0.6) is 0 Å². The molecule has 3 N–H and O–H groups in total. The Morgan fingerprint density at radius 1 is 1.61 bits per heavy atom. The molecule has 5 nitrogen and oxygen atoms in total. The van der Waals surface area contributed by atoms with E-state index in [1.807, 2.05) is 14.0 Å². The minimum Gasteiger partial charge on any atom is -0.325 e. The molecule has 6 heteroatoms. The normalized spacial score (nSPS) is 27.4. The smallest absolute Gasteiger partial charge is 0.230 e. The summed E-state index contributed by atoms with van der Waals surface area (Å²) in [7, 11) is 1.82. The zero-order valence-corrected chi connectivity index (χ0v) is 11.7. The molecule has 1 saturated carbocycles. The van der Waals surface area contributed by atoms with Gasteiger partial charge >= 0.3 is 0 Å². The summed E-state index contributed by atoms with van der Waals surface area (Å²) in [5, 5.41) is 6.97. The number of nitrogens with zero attached hydrogens (tertiary/aromatic N) is 2. The summed E-state index contributed by atoms with van der Waals surface area (Å²) in [5.41, 5.74) is 5.80. The van der Waals surface area contributed by atoms with Crippen molar-refractivity contribution >= 4 is 24.1 Å². The third-order valence-electron chi connectivity index (χ3n) is 3.54. The van der Waals surface area contributed by atoms with Crippen LogP contribution in [0, 0.1) is 5.92 Å². The SMILES string of the molecule is Cl.Cn1ccc(NC(=O)C2CCCCC2(C)N)n1. The zero-order valence-electron chi connectivity index (χ0n) is 10.8. The molecule has 1 fully saturated rings. The minimum atomic E-state index is -0.392. The van der Waals surface area contributed by atoms with Crippen molar-refractivity contribution in [1.82, 2.24) is 9.78 Å². The van der Waals surface area contributed by atoms with E-state index in [-0.39, 0.29) is 24.2 Å². The maximum atomic E-state index is 12.2. The van der Waals surface area contributed by atoms with Crippen LogP contribution in [0.25, 0.3) is 0 Å². The van der Waals surface area contributed by atoms with Gasteiger partial charge in [-0.3, -0.25) is 9.48 Å². The number of carbonyl (C=O) groups is 1. The van der Waals surface area contributed by atoms with E-state index in [0.717, 1.165) is 25.7 Å². The Hall–Kier alpha value is -1.07. The van der Waals surface area contributed by atoms with Gasteiger partial charge in [-0.15, -0.1) is 12.4 Å². The van der Waals surface area contributed by atoms with Crippen LogP contribution in [0.1, 0.15) is 32.6 Å². The third-order valence-corrected chi connectivity index (χ3v) is 3.54. The third kappa shape index (κ3) is 3.23. The summed E-state index contributed by atoms with van der Waals surface area (Å²) in [6, 6.07) is 1.79. The average molecular weight is 273 g/mol. The van der Waals surface area contributed by atoms with Crippen LogP contribution in [0.2, 0.25) is 0 Å². The van der Waals surface area contributed by atoms with E-state index in [4.69, 9.17) is 5.73 Å². The molecule has 0 aliphatic heterocycles. The van der Waals surface area contributed by atoms with E-state index in [1.165, 1.54) is 0 Å². The number of hydrogen-bond acceptors (Lipinski definition) is 3. The van der Waals surface area contributed by atoms with Gasteiger partial charge in [0.15, 0.2) is 5.82 Å². The molecule has 2 rings (SSSR count). The second-order valence-electron chi connectivity index (χ2n) is 5.17. The molecule has 0 bridgehead atoms. The van der Waals surface area contributed by atoms with E-state index in [0.29, 0.717) is 5.82 Å². The number of rotatable bonds is 2. The molecule has 1 aromatic heterocycles. The molecule has 0 spiro atoms. The van der Waals surface area contributed by atoms with Crippen LogP contribution in [0.15, 0.2) is 12.3 Å². The molecule has 1 aromatic rings. The standard InChI is InChI=1S/C12H20N4O.ClH/c1-12(13)7-4-3-5-9(12)11(17)14-10-6-8-16(2)15-10;/h6,8-9H,3-5,7,13H2,1-2H3,(H,14,15,17);1H. The number of nitrogens with two attached hydrogens (primary N) is 1. The summed E-state index contributed by atoms with van der Waals surface area (Å²) in [5.74, 6) is 0.477. The van der Waals surface area contributed by atoms with Gasteiger partial charge in [0.2, 0.25) is 5.91 Å².